The first kappa shape index (κ1) is 9.01. The minimum Gasteiger partial charge on any atom is -0.475 e. The average molecular weight is 174 g/mol. The van der Waals surface area contributed by atoms with E-state index >= 15 is 0 Å². The summed E-state index contributed by atoms with van der Waals surface area (Å²) < 4.78 is 0. The maximum Gasteiger partial charge on any atom is 0.377 e. The smallest absolute Gasteiger partial charge is 0.377 e. The molecule has 1 aromatic carbocycles. The van der Waals surface area contributed by atoms with Gasteiger partial charge in [-0.1, -0.05) is 18.1 Å². The number of terminal acetylenes is 1. The van der Waals surface area contributed by atoms with Crippen LogP contribution in [-0.2, 0) is 4.79 Å². The zero-order valence-electron chi connectivity index (χ0n) is 6.65. The van der Waals surface area contributed by atoms with E-state index in [0.717, 1.165) is 0 Å². The van der Waals surface area contributed by atoms with E-state index in [9.17, 15) is 9.59 Å². The number of Topliss-reactive ketones (excluding diaryl/α,β-unsaturated/α-hetero) is 1. The molecule has 0 aliphatic rings. The van der Waals surface area contributed by atoms with E-state index in [0.29, 0.717) is 5.56 Å². The molecule has 1 N–H and O–H groups in total. The second-order valence-electron chi connectivity index (χ2n) is 2.36. The predicted octanol–water partition coefficient (Wildman–Crippen LogP) is 0.935. The van der Waals surface area contributed by atoms with Gasteiger partial charge >= 0.3 is 5.97 Å². The molecule has 0 saturated heterocycles. The highest BCUT2D eigenvalue weighted by Crippen LogP contribution is 2.04. The van der Waals surface area contributed by atoms with Gasteiger partial charge in [-0.25, -0.2) is 4.79 Å². The van der Waals surface area contributed by atoms with Gasteiger partial charge in [0.1, 0.15) is 0 Å². The molecule has 0 aromatic heterocycles. The van der Waals surface area contributed by atoms with Gasteiger partial charge in [0.05, 0.1) is 0 Å². The topological polar surface area (TPSA) is 54.4 Å². The molecule has 0 amide bonds. The first-order chi connectivity index (χ1) is 6.15. The van der Waals surface area contributed by atoms with Crippen molar-refractivity contribution in [3.8, 4) is 12.3 Å². The van der Waals surface area contributed by atoms with Crippen molar-refractivity contribution in [2.45, 2.75) is 0 Å². The van der Waals surface area contributed by atoms with Crippen LogP contribution in [0.1, 0.15) is 15.9 Å². The van der Waals surface area contributed by atoms with Crippen LogP contribution in [0.2, 0.25) is 0 Å². The third-order valence-electron chi connectivity index (χ3n) is 1.49. The van der Waals surface area contributed by atoms with Gasteiger partial charge in [0.15, 0.2) is 0 Å². The maximum absolute atomic E-state index is 10.9. The van der Waals surface area contributed by atoms with Crippen molar-refractivity contribution in [3.63, 3.8) is 0 Å². The van der Waals surface area contributed by atoms with E-state index in [1.165, 1.54) is 12.1 Å². The lowest BCUT2D eigenvalue weighted by Gasteiger charge is -1.95. The Labute approximate surface area is 75.0 Å². The molecule has 3 nitrogen and oxygen atoms in total. The maximum atomic E-state index is 10.9. The van der Waals surface area contributed by atoms with Crippen molar-refractivity contribution in [2.75, 3.05) is 0 Å². The molecule has 0 unspecified atom stereocenters. The summed E-state index contributed by atoms with van der Waals surface area (Å²) in [5.74, 6) is -0.109. The number of hydrogen-bond acceptors (Lipinski definition) is 2. The fourth-order valence-corrected chi connectivity index (χ4v) is 0.874. The Balaban J connectivity index is 3.11. The van der Waals surface area contributed by atoms with Crippen LogP contribution in [-0.4, -0.2) is 16.9 Å². The number of rotatable bonds is 2. The van der Waals surface area contributed by atoms with Crippen LogP contribution in [0.4, 0.5) is 0 Å². The molecule has 0 spiro atoms. The van der Waals surface area contributed by atoms with Crippen molar-refractivity contribution >= 4 is 11.8 Å². The summed E-state index contributed by atoms with van der Waals surface area (Å²) in [6.45, 7) is 0. The zero-order valence-corrected chi connectivity index (χ0v) is 6.65. The van der Waals surface area contributed by atoms with Crippen LogP contribution in [0.25, 0.3) is 0 Å². The number of carbonyl (C=O) groups is 2. The summed E-state index contributed by atoms with van der Waals surface area (Å²) in [4.78, 5) is 21.2. The molecule has 64 valence electrons. The van der Waals surface area contributed by atoms with E-state index in [-0.39, 0.29) is 5.56 Å². The largest absolute Gasteiger partial charge is 0.475 e. The molecule has 0 fully saturated rings. The monoisotopic (exact) mass is 174 g/mol. The number of carboxylic acid groups (broad SMARTS) is 1. The number of carbonyl (C=O) groups excluding carboxylic acids is 1. The van der Waals surface area contributed by atoms with E-state index in [2.05, 4.69) is 5.92 Å². The van der Waals surface area contributed by atoms with Gasteiger partial charge in [-0.3, -0.25) is 4.79 Å². The van der Waals surface area contributed by atoms with E-state index in [4.69, 9.17) is 11.5 Å². The molecule has 3 heteroatoms. The fraction of sp³-hybridized carbons (Fsp3) is 0. The molecule has 1 rings (SSSR count). The van der Waals surface area contributed by atoms with Crippen LogP contribution in [0.3, 0.4) is 0 Å². The first-order valence-corrected chi connectivity index (χ1v) is 3.49. The predicted molar refractivity (Wildman–Crippen MR) is 46.3 cm³/mol. The Kier molecular flexibility index (Phi) is 2.46. The van der Waals surface area contributed by atoms with E-state index in [1.807, 2.05) is 0 Å². The second kappa shape index (κ2) is 3.55. The molecule has 1 aromatic rings. The highest BCUT2D eigenvalue weighted by atomic mass is 16.4. The Morgan fingerprint density at radius 2 is 2.08 bits per heavy atom. The van der Waals surface area contributed by atoms with Gasteiger partial charge in [-0.05, 0) is 12.1 Å². The molecule has 0 heterocycles. The fourth-order valence-electron chi connectivity index (χ4n) is 0.874. The van der Waals surface area contributed by atoms with E-state index in [1.54, 1.807) is 12.1 Å². The van der Waals surface area contributed by atoms with Crippen LogP contribution in [0.15, 0.2) is 24.3 Å². The third-order valence-corrected chi connectivity index (χ3v) is 1.49. The molecule has 0 bridgehead atoms. The summed E-state index contributed by atoms with van der Waals surface area (Å²) in [7, 11) is 0. The van der Waals surface area contributed by atoms with E-state index < -0.39 is 11.8 Å². The van der Waals surface area contributed by atoms with Crippen LogP contribution in [0, 0.1) is 12.3 Å². The summed E-state index contributed by atoms with van der Waals surface area (Å²) in [5, 5.41) is 8.40. The summed E-state index contributed by atoms with van der Waals surface area (Å²) in [6, 6.07) is 5.96. The minimum absolute atomic E-state index is 0.1000. The molecular weight excluding hydrogens is 168 g/mol. The molecular formula is C10H6O3. The molecule has 0 saturated carbocycles. The lowest BCUT2D eigenvalue weighted by atomic mass is 10.1. The normalized spacial score (nSPS) is 8.85. The lowest BCUT2D eigenvalue weighted by Crippen LogP contribution is -2.12. The van der Waals surface area contributed by atoms with Crippen molar-refractivity contribution in [3.05, 3.63) is 35.4 Å². The molecule has 0 aliphatic heterocycles. The second-order valence-corrected chi connectivity index (χ2v) is 2.36. The Morgan fingerprint density at radius 3 is 2.62 bits per heavy atom. The first-order valence-electron chi connectivity index (χ1n) is 3.49. The van der Waals surface area contributed by atoms with Gasteiger partial charge < -0.3 is 5.11 Å². The SMILES string of the molecule is C#Cc1cccc(C(=O)C(=O)O)c1. The number of carboxylic acids is 1. The molecule has 0 atom stereocenters. The van der Waals surface area contributed by atoms with Crippen LogP contribution in [0.5, 0.6) is 0 Å². The number of aliphatic carboxylic acids is 1. The van der Waals surface area contributed by atoms with Crippen LogP contribution >= 0.6 is 0 Å². The Morgan fingerprint density at radius 1 is 1.38 bits per heavy atom. The zero-order chi connectivity index (χ0) is 9.84. The number of hydrogen-bond donors (Lipinski definition) is 1. The average Bonchev–Trinajstić information content (AvgIpc) is 2.16. The van der Waals surface area contributed by atoms with Crippen molar-refractivity contribution < 1.29 is 14.7 Å². The van der Waals surface area contributed by atoms with Crippen LogP contribution < -0.4 is 0 Å². The van der Waals surface area contributed by atoms with Crippen molar-refractivity contribution in [1.29, 1.82) is 0 Å². The van der Waals surface area contributed by atoms with Crippen molar-refractivity contribution in [1.82, 2.24) is 0 Å². The molecule has 13 heavy (non-hydrogen) atoms. The van der Waals surface area contributed by atoms with Gasteiger partial charge in [0.25, 0.3) is 5.78 Å². The summed E-state index contributed by atoms with van der Waals surface area (Å²) in [6.07, 6.45) is 5.09. The highest BCUT2D eigenvalue weighted by molar-refractivity contribution is 6.39. The Hall–Kier alpha value is -2.08. The molecule has 0 radical (unpaired) electrons. The third kappa shape index (κ3) is 1.94. The highest BCUT2D eigenvalue weighted by Gasteiger charge is 2.13. The summed E-state index contributed by atoms with van der Waals surface area (Å²) >= 11 is 0. The lowest BCUT2D eigenvalue weighted by molar-refractivity contribution is -0.131. The number of benzene rings is 1. The molecule has 0 aliphatic carbocycles. The minimum atomic E-state index is -1.48. The van der Waals surface area contributed by atoms with Crippen molar-refractivity contribution in [2.24, 2.45) is 0 Å². The quantitative estimate of drug-likeness (QED) is 0.412. The van der Waals surface area contributed by atoms with Gasteiger partial charge in [0, 0.05) is 11.1 Å². The standard InChI is InChI=1S/C10H6O3/c1-2-7-4-3-5-8(6-7)9(11)10(12)13/h1,3-6H,(H,12,13). The summed E-state index contributed by atoms with van der Waals surface area (Å²) in [5.41, 5.74) is 0.593. The van der Waals surface area contributed by atoms with Gasteiger partial charge in [-0.15, -0.1) is 6.42 Å². The number of ketones is 1. The van der Waals surface area contributed by atoms with Gasteiger partial charge in [0.2, 0.25) is 0 Å². The Bertz CT molecular complexity index is 399. The van der Waals surface area contributed by atoms with Gasteiger partial charge in [-0.2, -0.15) is 0 Å².